The summed E-state index contributed by atoms with van der Waals surface area (Å²) in [6.45, 7) is 3.95. The molecule has 0 aromatic heterocycles. The van der Waals surface area contributed by atoms with Gasteiger partial charge in [0.25, 0.3) is 0 Å². The summed E-state index contributed by atoms with van der Waals surface area (Å²) >= 11 is 0. The molecular formula is C14H26N2O2. The maximum atomic E-state index is 12.6. The minimum absolute atomic E-state index is 0.103. The Morgan fingerprint density at radius 1 is 1.39 bits per heavy atom. The molecular weight excluding hydrogens is 228 g/mol. The topological polar surface area (TPSA) is 66.6 Å². The molecule has 3 N–H and O–H groups in total. The standard InChI is InChI=1S/C14H26N2O2/c1-10-4-5-12(15)7-13(10)14(18)16-6-2-3-11(8-16)9-17/h10-13,17H,2-9,15H2,1H3. The fourth-order valence-corrected chi connectivity index (χ4v) is 3.35. The summed E-state index contributed by atoms with van der Waals surface area (Å²) in [7, 11) is 0. The zero-order valence-electron chi connectivity index (χ0n) is 11.3. The number of nitrogens with two attached hydrogens (primary N) is 1. The number of aliphatic hydroxyl groups excluding tert-OH is 1. The summed E-state index contributed by atoms with van der Waals surface area (Å²) in [6, 6.07) is 0.188. The van der Waals surface area contributed by atoms with E-state index in [-0.39, 0.29) is 30.4 Å². The van der Waals surface area contributed by atoms with Gasteiger partial charge in [-0.3, -0.25) is 4.79 Å². The first kappa shape index (κ1) is 13.8. The van der Waals surface area contributed by atoms with Crippen LogP contribution in [0.4, 0.5) is 0 Å². The SMILES string of the molecule is CC1CCC(N)CC1C(=O)N1CCCC(CO)C1. The number of hydrogen-bond donors (Lipinski definition) is 2. The van der Waals surface area contributed by atoms with Gasteiger partial charge in [-0.1, -0.05) is 6.92 Å². The van der Waals surface area contributed by atoms with E-state index in [4.69, 9.17) is 5.73 Å². The molecule has 2 aliphatic rings. The van der Waals surface area contributed by atoms with Crippen LogP contribution in [0.2, 0.25) is 0 Å². The second-order valence-corrected chi connectivity index (χ2v) is 6.13. The van der Waals surface area contributed by atoms with Gasteiger partial charge in [-0.2, -0.15) is 0 Å². The quantitative estimate of drug-likeness (QED) is 0.772. The molecule has 104 valence electrons. The van der Waals surface area contributed by atoms with Gasteiger partial charge in [0.1, 0.15) is 0 Å². The largest absolute Gasteiger partial charge is 0.396 e. The Balaban J connectivity index is 1.96. The smallest absolute Gasteiger partial charge is 0.226 e. The van der Waals surface area contributed by atoms with Gasteiger partial charge in [0.05, 0.1) is 0 Å². The number of carbonyl (C=O) groups is 1. The lowest BCUT2D eigenvalue weighted by molar-refractivity contribution is -0.140. The van der Waals surface area contributed by atoms with Crippen LogP contribution in [0.5, 0.6) is 0 Å². The first-order valence-electron chi connectivity index (χ1n) is 7.27. The highest BCUT2D eigenvalue weighted by molar-refractivity contribution is 5.79. The maximum Gasteiger partial charge on any atom is 0.226 e. The van der Waals surface area contributed by atoms with E-state index in [1.807, 2.05) is 4.90 Å². The van der Waals surface area contributed by atoms with Crippen LogP contribution in [-0.2, 0) is 4.79 Å². The third kappa shape index (κ3) is 3.04. The minimum Gasteiger partial charge on any atom is -0.396 e. The Morgan fingerprint density at radius 3 is 2.89 bits per heavy atom. The van der Waals surface area contributed by atoms with E-state index in [9.17, 15) is 9.90 Å². The molecule has 1 amide bonds. The molecule has 1 heterocycles. The molecule has 18 heavy (non-hydrogen) atoms. The number of carbonyl (C=O) groups excluding carboxylic acids is 1. The van der Waals surface area contributed by atoms with E-state index in [1.165, 1.54) is 0 Å². The van der Waals surface area contributed by atoms with Gasteiger partial charge < -0.3 is 15.7 Å². The van der Waals surface area contributed by atoms with Crippen molar-refractivity contribution in [3.63, 3.8) is 0 Å². The molecule has 1 saturated heterocycles. The van der Waals surface area contributed by atoms with Crippen molar-refractivity contribution in [2.45, 2.75) is 45.1 Å². The lowest BCUT2D eigenvalue weighted by atomic mass is 9.77. The van der Waals surface area contributed by atoms with E-state index < -0.39 is 0 Å². The van der Waals surface area contributed by atoms with Gasteiger partial charge in [0.2, 0.25) is 5.91 Å². The number of nitrogens with zero attached hydrogens (tertiary/aromatic N) is 1. The van der Waals surface area contributed by atoms with Gasteiger partial charge in [0, 0.05) is 31.7 Å². The monoisotopic (exact) mass is 254 g/mol. The highest BCUT2D eigenvalue weighted by atomic mass is 16.3. The third-order valence-corrected chi connectivity index (χ3v) is 4.64. The van der Waals surface area contributed by atoms with Gasteiger partial charge in [-0.25, -0.2) is 0 Å². The zero-order chi connectivity index (χ0) is 13.1. The normalized spacial score (nSPS) is 37.6. The molecule has 1 aliphatic heterocycles. The minimum atomic E-state index is 0.103. The summed E-state index contributed by atoms with van der Waals surface area (Å²) in [5, 5.41) is 9.24. The average Bonchev–Trinajstić information content (AvgIpc) is 2.41. The van der Waals surface area contributed by atoms with Crippen molar-refractivity contribution in [2.24, 2.45) is 23.5 Å². The van der Waals surface area contributed by atoms with Crippen LogP contribution in [0.25, 0.3) is 0 Å². The number of amides is 1. The predicted molar refractivity (Wildman–Crippen MR) is 70.9 cm³/mol. The Hall–Kier alpha value is -0.610. The van der Waals surface area contributed by atoms with E-state index >= 15 is 0 Å². The van der Waals surface area contributed by atoms with Crippen LogP contribution < -0.4 is 5.73 Å². The van der Waals surface area contributed by atoms with Crippen LogP contribution in [0.3, 0.4) is 0 Å². The van der Waals surface area contributed by atoms with Crippen LogP contribution in [0, 0.1) is 17.8 Å². The fraction of sp³-hybridized carbons (Fsp3) is 0.929. The molecule has 2 fully saturated rings. The van der Waals surface area contributed by atoms with E-state index in [1.54, 1.807) is 0 Å². The van der Waals surface area contributed by atoms with Crippen LogP contribution in [-0.4, -0.2) is 41.7 Å². The Labute approximate surface area is 110 Å². The van der Waals surface area contributed by atoms with Crippen molar-refractivity contribution in [1.82, 2.24) is 4.90 Å². The highest BCUT2D eigenvalue weighted by Crippen LogP contribution is 2.31. The molecule has 0 aromatic carbocycles. The first-order chi connectivity index (χ1) is 8.61. The molecule has 4 unspecified atom stereocenters. The number of hydrogen-bond acceptors (Lipinski definition) is 3. The number of likely N-dealkylation sites (tertiary alicyclic amines) is 1. The van der Waals surface area contributed by atoms with Crippen LogP contribution >= 0.6 is 0 Å². The Morgan fingerprint density at radius 2 is 2.17 bits per heavy atom. The van der Waals surface area contributed by atoms with Crippen molar-refractivity contribution in [3.05, 3.63) is 0 Å². The van der Waals surface area contributed by atoms with E-state index in [2.05, 4.69) is 6.92 Å². The average molecular weight is 254 g/mol. The molecule has 2 rings (SSSR count). The molecule has 1 aliphatic carbocycles. The van der Waals surface area contributed by atoms with Crippen molar-refractivity contribution in [3.8, 4) is 0 Å². The highest BCUT2D eigenvalue weighted by Gasteiger charge is 2.35. The van der Waals surface area contributed by atoms with Crippen LogP contribution in [0.1, 0.15) is 39.0 Å². The van der Waals surface area contributed by atoms with Crippen molar-refractivity contribution < 1.29 is 9.90 Å². The molecule has 4 heteroatoms. The van der Waals surface area contributed by atoms with Gasteiger partial charge in [0.15, 0.2) is 0 Å². The summed E-state index contributed by atoms with van der Waals surface area (Å²) in [5.41, 5.74) is 6.00. The molecule has 0 spiro atoms. The molecule has 0 aromatic rings. The summed E-state index contributed by atoms with van der Waals surface area (Å²) in [6.07, 6.45) is 5.00. The second-order valence-electron chi connectivity index (χ2n) is 6.13. The van der Waals surface area contributed by atoms with Crippen LogP contribution in [0.15, 0.2) is 0 Å². The Bertz CT molecular complexity index is 296. The lowest BCUT2D eigenvalue weighted by Gasteiger charge is -2.38. The zero-order valence-corrected chi connectivity index (χ0v) is 11.3. The molecule has 0 radical (unpaired) electrons. The van der Waals surface area contributed by atoms with Crippen molar-refractivity contribution in [2.75, 3.05) is 19.7 Å². The third-order valence-electron chi connectivity index (χ3n) is 4.64. The first-order valence-corrected chi connectivity index (χ1v) is 7.27. The number of piperidine rings is 1. The van der Waals surface area contributed by atoms with Crippen molar-refractivity contribution >= 4 is 5.91 Å². The summed E-state index contributed by atoms with van der Waals surface area (Å²) < 4.78 is 0. The lowest BCUT2D eigenvalue weighted by Crippen LogP contribution is -2.47. The predicted octanol–water partition coefficient (Wildman–Crippen LogP) is 0.981. The molecule has 4 atom stereocenters. The molecule has 4 nitrogen and oxygen atoms in total. The van der Waals surface area contributed by atoms with Gasteiger partial charge in [-0.15, -0.1) is 0 Å². The number of aliphatic hydroxyl groups is 1. The van der Waals surface area contributed by atoms with E-state index in [0.717, 1.165) is 45.2 Å². The summed E-state index contributed by atoms with van der Waals surface area (Å²) in [5.74, 6) is 1.10. The maximum absolute atomic E-state index is 12.6. The van der Waals surface area contributed by atoms with Crippen molar-refractivity contribution in [1.29, 1.82) is 0 Å². The van der Waals surface area contributed by atoms with E-state index in [0.29, 0.717) is 5.92 Å². The van der Waals surface area contributed by atoms with Gasteiger partial charge in [-0.05, 0) is 43.9 Å². The molecule has 1 saturated carbocycles. The summed E-state index contributed by atoms with van der Waals surface area (Å²) in [4.78, 5) is 14.5. The molecule has 0 bridgehead atoms. The fourth-order valence-electron chi connectivity index (χ4n) is 3.35. The second kappa shape index (κ2) is 6.02. The number of rotatable bonds is 2. The Kier molecular flexibility index (Phi) is 4.62. The van der Waals surface area contributed by atoms with Gasteiger partial charge >= 0.3 is 0 Å².